The van der Waals surface area contributed by atoms with Crippen molar-refractivity contribution in [1.82, 2.24) is 0 Å². The molecule has 0 aliphatic carbocycles. The van der Waals surface area contributed by atoms with E-state index in [1.165, 1.54) is 0 Å². The van der Waals surface area contributed by atoms with Crippen LogP contribution in [0, 0.1) is 0 Å². The van der Waals surface area contributed by atoms with Gasteiger partial charge in [-0.15, -0.1) is 0 Å². The van der Waals surface area contributed by atoms with Crippen molar-refractivity contribution in [3.63, 3.8) is 0 Å². The number of aliphatic hydroxyl groups is 1. The van der Waals surface area contributed by atoms with Gasteiger partial charge in [0.05, 0.1) is 0 Å². The Bertz CT molecular complexity index is 13.5. The second-order valence-corrected chi connectivity index (χ2v) is 1.09. The van der Waals surface area contributed by atoms with Gasteiger partial charge < -0.3 is 5.11 Å². The van der Waals surface area contributed by atoms with Gasteiger partial charge in [-0.05, 0) is 13.8 Å². The van der Waals surface area contributed by atoms with Gasteiger partial charge in [-0.25, -0.2) is 0 Å². The number of hydrogen-bond donors (Lipinski definition) is 1. The first kappa shape index (κ1) is 15.7. The molecule has 0 aliphatic heterocycles. The molecule has 0 spiro atoms. The summed E-state index contributed by atoms with van der Waals surface area (Å²) in [7, 11) is 0. The molecule has 1 N–H and O–H groups in total. The summed E-state index contributed by atoms with van der Waals surface area (Å²) in [5.41, 5.74) is 0. The maximum Gasteiger partial charge on any atom is 0.0483 e. The summed E-state index contributed by atoms with van der Waals surface area (Å²) in [5, 5.41) is 8.06. The molecular formula is C3H8Nb2O. The summed E-state index contributed by atoms with van der Waals surface area (Å²) in [6.45, 7) is 3.44. The monoisotopic (exact) mass is 246 g/mol. The molecular weight excluding hydrogens is 238 g/mol. The van der Waals surface area contributed by atoms with E-state index in [4.69, 9.17) is 5.11 Å². The Labute approximate surface area is 69.5 Å². The molecule has 3 heteroatoms. The van der Waals surface area contributed by atoms with Crippen LogP contribution in [-0.4, -0.2) is 11.2 Å². The predicted octanol–water partition coefficient (Wildman–Crippen LogP) is 0.382. The third-order valence-corrected chi connectivity index (χ3v) is 0. The molecule has 0 aromatic heterocycles. The molecule has 2 radical (unpaired) electrons. The molecule has 1 nitrogen and oxygen atoms in total. The fourth-order valence-corrected chi connectivity index (χ4v) is 0. The van der Waals surface area contributed by atoms with Crippen molar-refractivity contribution >= 4 is 0 Å². The van der Waals surface area contributed by atoms with Crippen molar-refractivity contribution in [2.45, 2.75) is 20.0 Å². The molecule has 0 amide bonds. The Morgan fingerprint density at radius 1 is 1.17 bits per heavy atom. The van der Waals surface area contributed by atoms with Crippen LogP contribution in [0.4, 0.5) is 0 Å². The topological polar surface area (TPSA) is 20.2 Å². The van der Waals surface area contributed by atoms with Gasteiger partial charge in [0.25, 0.3) is 0 Å². The van der Waals surface area contributed by atoms with E-state index < -0.39 is 0 Å². The summed E-state index contributed by atoms with van der Waals surface area (Å²) in [4.78, 5) is 0. The van der Waals surface area contributed by atoms with Crippen LogP contribution in [0.15, 0.2) is 0 Å². The van der Waals surface area contributed by atoms with E-state index >= 15 is 0 Å². The molecule has 6 heavy (non-hydrogen) atoms. The molecule has 0 aliphatic rings. The van der Waals surface area contributed by atoms with Crippen LogP contribution >= 0.6 is 0 Å². The molecule has 0 aromatic carbocycles. The minimum Gasteiger partial charge on any atom is -0.394 e. The van der Waals surface area contributed by atoms with Gasteiger partial charge in [0.15, 0.2) is 0 Å². The first-order valence-electron chi connectivity index (χ1n) is 1.41. The van der Waals surface area contributed by atoms with E-state index in [0.717, 1.165) is 0 Å². The Hall–Kier alpha value is 1.44. The molecule has 0 atom stereocenters. The smallest absolute Gasteiger partial charge is 0.0483 e. The molecule has 0 aromatic rings. The van der Waals surface area contributed by atoms with Crippen molar-refractivity contribution in [3.8, 4) is 0 Å². The average molecular weight is 246 g/mol. The Balaban J connectivity index is -0.0000000450. The van der Waals surface area contributed by atoms with E-state index in [0.29, 0.717) is 0 Å². The van der Waals surface area contributed by atoms with Gasteiger partial charge in [0, 0.05) is 50.9 Å². The first-order valence-corrected chi connectivity index (χ1v) is 1.41. The molecule has 0 unspecified atom stereocenters. The first-order chi connectivity index (χ1) is 1.73. The molecule has 0 heterocycles. The summed E-state index contributed by atoms with van der Waals surface area (Å²) in [6.07, 6.45) is -0.167. The van der Waals surface area contributed by atoms with E-state index in [-0.39, 0.29) is 50.9 Å². The summed E-state index contributed by atoms with van der Waals surface area (Å²) in [6, 6.07) is 0. The maximum atomic E-state index is 8.06. The Kier molecular flexibility index (Phi) is 25.2. The van der Waals surface area contributed by atoms with E-state index in [1.54, 1.807) is 13.8 Å². The number of rotatable bonds is 0. The zero-order valence-electron chi connectivity index (χ0n) is 3.92. The van der Waals surface area contributed by atoms with Gasteiger partial charge in [-0.3, -0.25) is 0 Å². The van der Waals surface area contributed by atoms with Crippen LogP contribution in [0.2, 0.25) is 0 Å². The third kappa shape index (κ3) is 51.7. The minimum atomic E-state index is -0.167. The molecule has 0 fully saturated rings. The predicted molar refractivity (Wildman–Crippen MR) is 17.4 cm³/mol. The molecule has 0 rings (SSSR count). The Morgan fingerprint density at radius 2 is 1.17 bits per heavy atom. The van der Waals surface area contributed by atoms with Gasteiger partial charge in [-0.1, -0.05) is 0 Å². The van der Waals surface area contributed by atoms with E-state index in [2.05, 4.69) is 0 Å². The number of aliphatic hydroxyl groups excluding tert-OH is 1. The zero-order valence-corrected chi connectivity index (χ0v) is 8.32. The molecule has 0 bridgehead atoms. The van der Waals surface area contributed by atoms with Crippen molar-refractivity contribution in [2.24, 2.45) is 0 Å². The van der Waals surface area contributed by atoms with Crippen LogP contribution in [0.5, 0.6) is 0 Å². The third-order valence-electron chi connectivity index (χ3n) is 0. The van der Waals surface area contributed by atoms with Crippen molar-refractivity contribution < 1.29 is 49.9 Å². The maximum absolute atomic E-state index is 8.06. The van der Waals surface area contributed by atoms with Gasteiger partial charge in [0.2, 0.25) is 0 Å². The van der Waals surface area contributed by atoms with E-state index in [9.17, 15) is 0 Å². The minimum absolute atomic E-state index is 0. The van der Waals surface area contributed by atoms with Crippen LogP contribution in [0.3, 0.4) is 0 Å². The molecule has 0 saturated carbocycles. The number of hydrogen-bond acceptors (Lipinski definition) is 1. The van der Waals surface area contributed by atoms with Crippen LogP contribution in [-0.2, 0) is 44.8 Å². The van der Waals surface area contributed by atoms with Gasteiger partial charge in [0.1, 0.15) is 0 Å². The standard InChI is InChI=1S/C3H8O.2Nb/c1-3(2)4;;/h3-4H,1-2H3;;. The zero-order chi connectivity index (χ0) is 3.58. The largest absolute Gasteiger partial charge is 0.394 e. The second-order valence-electron chi connectivity index (χ2n) is 1.09. The quantitative estimate of drug-likeness (QED) is 0.612. The van der Waals surface area contributed by atoms with Crippen molar-refractivity contribution in [3.05, 3.63) is 0 Å². The Morgan fingerprint density at radius 3 is 1.17 bits per heavy atom. The van der Waals surface area contributed by atoms with Gasteiger partial charge >= 0.3 is 0 Å². The van der Waals surface area contributed by atoms with Crippen LogP contribution in [0.25, 0.3) is 0 Å². The normalized spacial score (nSPS) is 6.00. The van der Waals surface area contributed by atoms with Crippen LogP contribution in [0.1, 0.15) is 13.8 Å². The SMILES string of the molecule is CC(C)O.[Nb].[Nb]. The van der Waals surface area contributed by atoms with Crippen molar-refractivity contribution in [2.75, 3.05) is 0 Å². The average Bonchev–Trinajstić information content (AvgIpc) is 0.811. The van der Waals surface area contributed by atoms with E-state index in [1.807, 2.05) is 0 Å². The van der Waals surface area contributed by atoms with Gasteiger partial charge in [-0.2, -0.15) is 0 Å². The molecule has 0 saturated heterocycles. The molecule has 36 valence electrons. The fourth-order valence-electron chi connectivity index (χ4n) is 0. The summed E-state index contributed by atoms with van der Waals surface area (Å²) < 4.78 is 0. The van der Waals surface area contributed by atoms with Crippen molar-refractivity contribution in [1.29, 1.82) is 0 Å². The second kappa shape index (κ2) is 9.67. The van der Waals surface area contributed by atoms with Crippen LogP contribution < -0.4 is 0 Å². The summed E-state index contributed by atoms with van der Waals surface area (Å²) in [5.74, 6) is 0. The fraction of sp³-hybridized carbons (Fsp3) is 1.00. The summed E-state index contributed by atoms with van der Waals surface area (Å²) >= 11 is 0.